The fourth-order valence-corrected chi connectivity index (χ4v) is 4.84. The molecule has 2 aromatic carbocycles. The minimum Gasteiger partial charge on any atom is -0.322 e. The molecule has 164 valence electrons. The van der Waals surface area contributed by atoms with Crippen molar-refractivity contribution in [3.63, 3.8) is 0 Å². The van der Waals surface area contributed by atoms with Gasteiger partial charge in [0.1, 0.15) is 0 Å². The van der Waals surface area contributed by atoms with Gasteiger partial charge in [-0.25, -0.2) is 13.2 Å². The molecule has 30 heavy (non-hydrogen) atoms. The Labute approximate surface area is 185 Å². The van der Waals surface area contributed by atoms with Gasteiger partial charge in [-0.05, 0) is 43.4 Å². The highest BCUT2D eigenvalue weighted by atomic mass is 35.5. The van der Waals surface area contributed by atoms with Crippen molar-refractivity contribution < 1.29 is 18.0 Å². The standard InChI is InChI=1S/C21H21ClF3NOS.C2H6/c1-12-3-2-4-15(7-5-12)28-19-9-13(6-8-16(19)22)21(27)26-14-10-17(23)20(25)18(24)11-14;1-2/h6,8-12,15H,2-5,7H2,1H3,(H,26,27);1-2H3. The lowest BCUT2D eigenvalue weighted by molar-refractivity contribution is 0.102. The molecule has 0 heterocycles. The molecule has 1 aliphatic rings. The first-order valence-electron chi connectivity index (χ1n) is 10.3. The maximum atomic E-state index is 13.3. The van der Waals surface area contributed by atoms with Gasteiger partial charge >= 0.3 is 0 Å². The molecule has 0 aliphatic heterocycles. The molecule has 0 spiro atoms. The fraction of sp³-hybridized carbons (Fsp3) is 0.435. The Kier molecular flexibility index (Phi) is 9.56. The zero-order valence-corrected chi connectivity index (χ0v) is 19.0. The van der Waals surface area contributed by atoms with Gasteiger partial charge < -0.3 is 5.32 Å². The van der Waals surface area contributed by atoms with E-state index in [9.17, 15) is 18.0 Å². The van der Waals surface area contributed by atoms with Gasteiger partial charge in [-0.3, -0.25) is 4.79 Å². The van der Waals surface area contributed by atoms with Crippen molar-refractivity contribution in [2.24, 2.45) is 5.92 Å². The molecule has 1 amide bonds. The third kappa shape index (κ3) is 6.67. The monoisotopic (exact) mass is 457 g/mol. The number of nitrogens with one attached hydrogen (secondary N) is 1. The smallest absolute Gasteiger partial charge is 0.255 e. The van der Waals surface area contributed by atoms with Crippen molar-refractivity contribution in [1.29, 1.82) is 0 Å². The molecule has 2 nitrogen and oxygen atoms in total. The van der Waals surface area contributed by atoms with Crippen LogP contribution in [-0.4, -0.2) is 11.2 Å². The second-order valence-electron chi connectivity index (χ2n) is 7.21. The van der Waals surface area contributed by atoms with Crippen LogP contribution in [-0.2, 0) is 0 Å². The molecule has 7 heteroatoms. The zero-order chi connectivity index (χ0) is 22.3. The van der Waals surface area contributed by atoms with Crippen molar-refractivity contribution in [3.05, 3.63) is 58.4 Å². The number of benzene rings is 2. The number of anilines is 1. The minimum atomic E-state index is -1.57. The molecule has 0 aromatic heterocycles. The van der Waals surface area contributed by atoms with Gasteiger partial charge in [0.15, 0.2) is 17.5 Å². The molecule has 3 rings (SSSR count). The second-order valence-corrected chi connectivity index (χ2v) is 8.96. The van der Waals surface area contributed by atoms with Crippen molar-refractivity contribution in [3.8, 4) is 0 Å². The molecule has 0 saturated heterocycles. The predicted octanol–water partition coefficient (Wildman–Crippen LogP) is 8.10. The van der Waals surface area contributed by atoms with Gasteiger partial charge in [-0.2, -0.15) is 0 Å². The van der Waals surface area contributed by atoms with Crippen LogP contribution in [0.2, 0.25) is 5.02 Å². The maximum Gasteiger partial charge on any atom is 0.255 e. The van der Waals surface area contributed by atoms with Crippen LogP contribution in [0.4, 0.5) is 18.9 Å². The Morgan fingerprint density at radius 1 is 1.03 bits per heavy atom. The second kappa shape index (κ2) is 11.7. The summed E-state index contributed by atoms with van der Waals surface area (Å²) >= 11 is 7.99. The molecule has 1 aliphatic carbocycles. The highest BCUT2D eigenvalue weighted by molar-refractivity contribution is 8.00. The lowest BCUT2D eigenvalue weighted by atomic mass is 10.0. The Morgan fingerprint density at radius 2 is 1.70 bits per heavy atom. The average Bonchev–Trinajstić information content (AvgIpc) is 2.93. The SMILES string of the molecule is CC.CC1CCCC(Sc2cc(C(=O)Nc3cc(F)c(F)c(F)c3)ccc2Cl)CC1. The van der Waals surface area contributed by atoms with E-state index in [1.807, 2.05) is 13.8 Å². The average molecular weight is 458 g/mol. The van der Waals surface area contributed by atoms with Crippen LogP contribution in [0.5, 0.6) is 0 Å². The number of hydrogen-bond donors (Lipinski definition) is 1. The van der Waals surface area contributed by atoms with Crippen LogP contribution in [0.1, 0.15) is 63.2 Å². The van der Waals surface area contributed by atoms with E-state index in [4.69, 9.17) is 11.6 Å². The first kappa shape index (κ1) is 24.6. The summed E-state index contributed by atoms with van der Waals surface area (Å²) in [5, 5.41) is 3.41. The van der Waals surface area contributed by atoms with Crippen LogP contribution < -0.4 is 5.32 Å². The third-order valence-electron chi connectivity index (χ3n) is 4.93. The molecule has 0 radical (unpaired) electrons. The molecule has 0 bridgehead atoms. The van der Waals surface area contributed by atoms with E-state index >= 15 is 0 Å². The van der Waals surface area contributed by atoms with Gasteiger partial charge in [0.25, 0.3) is 5.91 Å². The van der Waals surface area contributed by atoms with Gasteiger partial charge in [-0.15, -0.1) is 11.8 Å². The Balaban J connectivity index is 0.00000155. The summed E-state index contributed by atoms with van der Waals surface area (Å²) in [4.78, 5) is 13.3. The third-order valence-corrected chi connectivity index (χ3v) is 6.77. The quantitative estimate of drug-likeness (QED) is 0.371. The van der Waals surface area contributed by atoms with E-state index in [-0.39, 0.29) is 5.69 Å². The van der Waals surface area contributed by atoms with Gasteiger partial charge in [0.05, 0.1) is 5.02 Å². The molecular formula is C23H27ClF3NOS. The number of amides is 1. The van der Waals surface area contributed by atoms with E-state index in [1.54, 1.807) is 30.0 Å². The zero-order valence-electron chi connectivity index (χ0n) is 17.4. The highest BCUT2D eigenvalue weighted by Gasteiger charge is 2.19. The number of hydrogen-bond acceptors (Lipinski definition) is 2. The van der Waals surface area contributed by atoms with Crippen LogP contribution in [0.3, 0.4) is 0 Å². The topological polar surface area (TPSA) is 29.1 Å². The Morgan fingerprint density at radius 3 is 2.37 bits per heavy atom. The summed E-state index contributed by atoms with van der Waals surface area (Å²) in [7, 11) is 0. The Hall–Kier alpha value is -1.66. The molecular weight excluding hydrogens is 431 g/mol. The molecule has 1 fully saturated rings. The summed E-state index contributed by atoms with van der Waals surface area (Å²) in [5.41, 5.74) is 0.169. The minimum absolute atomic E-state index is 0.150. The van der Waals surface area contributed by atoms with Crippen molar-refractivity contribution in [2.75, 3.05) is 5.32 Å². The number of carbonyl (C=O) groups excluding carboxylic acids is 1. The molecule has 2 unspecified atom stereocenters. The van der Waals surface area contributed by atoms with Crippen LogP contribution in [0, 0.1) is 23.4 Å². The predicted molar refractivity (Wildman–Crippen MR) is 119 cm³/mol. The van der Waals surface area contributed by atoms with E-state index in [1.165, 1.54) is 19.3 Å². The fourth-order valence-electron chi connectivity index (χ4n) is 3.32. The molecule has 1 saturated carbocycles. The normalized spacial score (nSPS) is 18.8. The lowest BCUT2D eigenvalue weighted by Crippen LogP contribution is -2.13. The number of rotatable bonds is 4. The van der Waals surface area contributed by atoms with Gasteiger partial charge in [-0.1, -0.05) is 45.2 Å². The first-order valence-corrected chi connectivity index (χ1v) is 11.5. The highest BCUT2D eigenvalue weighted by Crippen LogP contribution is 2.38. The number of halogens is 4. The van der Waals surface area contributed by atoms with E-state index in [0.717, 1.165) is 35.8 Å². The molecule has 2 atom stereocenters. The summed E-state index contributed by atoms with van der Waals surface area (Å²) in [6.07, 6.45) is 5.80. The van der Waals surface area contributed by atoms with E-state index in [2.05, 4.69) is 12.2 Å². The summed E-state index contributed by atoms with van der Waals surface area (Å²) < 4.78 is 39.8. The van der Waals surface area contributed by atoms with Crippen molar-refractivity contribution >= 4 is 35.0 Å². The summed E-state index contributed by atoms with van der Waals surface area (Å²) in [5.74, 6) is -4.09. The molecule has 2 aromatic rings. The van der Waals surface area contributed by atoms with Gasteiger partial charge in [0.2, 0.25) is 0 Å². The van der Waals surface area contributed by atoms with Crippen molar-refractivity contribution in [1.82, 2.24) is 0 Å². The van der Waals surface area contributed by atoms with Crippen molar-refractivity contribution in [2.45, 2.75) is 63.0 Å². The number of carbonyl (C=O) groups is 1. The van der Waals surface area contributed by atoms with Gasteiger partial charge in [0, 0.05) is 33.5 Å². The maximum absolute atomic E-state index is 13.3. The van der Waals surface area contributed by atoms with Crippen LogP contribution in [0.15, 0.2) is 35.2 Å². The first-order chi connectivity index (χ1) is 14.3. The largest absolute Gasteiger partial charge is 0.322 e. The van der Waals surface area contributed by atoms with E-state index < -0.39 is 23.4 Å². The van der Waals surface area contributed by atoms with E-state index in [0.29, 0.717) is 15.8 Å². The van der Waals surface area contributed by atoms with Crippen LogP contribution in [0.25, 0.3) is 0 Å². The Bertz CT molecular complexity index is 855. The summed E-state index contributed by atoms with van der Waals surface area (Å²) in [6.45, 7) is 6.27. The van der Waals surface area contributed by atoms with Crippen LogP contribution >= 0.6 is 23.4 Å². The summed E-state index contributed by atoms with van der Waals surface area (Å²) in [6, 6.07) is 6.37. The number of thioether (sulfide) groups is 1. The molecule has 1 N–H and O–H groups in total. The lowest BCUT2D eigenvalue weighted by Gasteiger charge is -2.15.